The van der Waals surface area contributed by atoms with E-state index in [2.05, 4.69) is 0 Å². The minimum atomic E-state index is -0.473. The van der Waals surface area contributed by atoms with Crippen LogP contribution in [0.5, 0.6) is 0 Å². The third-order valence-corrected chi connectivity index (χ3v) is 4.11. The van der Waals surface area contributed by atoms with Crippen LogP contribution in [0.4, 0.5) is 0 Å². The highest BCUT2D eigenvalue weighted by atomic mass is 16.5. The van der Waals surface area contributed by atoms with Gasteiger partial charge >= 0.3 is 5.97 Å². The third kappa shape index (κ3) is 4.52. The number of hydrogen-bond donors (Lipinski definition) is 0. The van der Waals surface area contributed by atoms with Crippen LogP contribution in [0.15, 0.2) is 30.3 Å². The zero-order chi connectivity index (χ0) is 15.9. The lowest BCUT2D eigenvalue weighted by atomic mass is 9.91. The van der Waals surface area contributed by atoms with Crippen LogP contribution in [0.3, 0.4) is 0 Å². The number of carbonyl (C=O) groups is 3. The van der Waals surface area contributed by atoms with Crippen molar-refractivity contribution in [2.45, 2.75) is 57.5 Å². The maximum absolute atomic E-state index is 12.3. The smallest absolute Gasteiger partial charge is 0.313 e. The molecule has 0 aliphatic heterocycles. The fraction of sp³-hybridized carbons (Fsp3) is 0.500. The Balaban J connectivity index is 1.87. The Morgan fingerprint density at radius 2 is 1.82 bits per heavy atom. The van der Waals surface area contributed by atoms with Crippen molar-refractivity contribution in [3.63, 3.8) is 0 Å². The van der Waals surface area contributed by atoms with Crippen molar-refractivity contribution in [1.29, 1.82) is 0 Å². The van der Waals surface area contributed by atoms with Gasteiger partial charge in [0.25, 0.3) is 0 Å². The molecule has 0 bridgehead atoms. The number of rotatable bonds is 6. The second kappa shape index (κ2) is 7.87. The first kappa shape index (κ1) is 16.4. The number of hydrogen-bond acceptors (Lipinski definition) is 4. The van der Waals surface area contributed by atoms with Crippen LogP contribution in [0.1, 0.15) is 56.9 Å². The summed E-state index contributed by atoms with van der Waals surface area (Å²) in [5.74, 6) is -0.621. The van der Waals surface area contributed by atoms with Gasteiger partial charge in [0.05, 0.1) is 0 Å². The Hall–Kier alpha value is -1.97. The molecule has 0 N–H and O–H groups in total. The molecule has 4 heteroatoms. The Labute approximate surface area is 130 Å². The number of Topliss-reactive ketones (excluding diaryl/α,β-unsaturated/α-hetero) is 2. The maximum Gasteiger partial charge on any atom is 0.313 e. The van der Waals surface area contributed by atoms with Gasteiger partial charge in [0.2, 0.25) is 0 Å². The number of benzene rings is 1. The summed E-state index contributed by atoms with van der Waals surface area (Å²) in [4.78, 5) is 35.4. The van der Waals surface area contributed by atoms with Crippen LogP contribution in [-0.4, -0.2) is 23.6 Å². The Morgan fingerprint density at radius 3 is 2.41 bits per heavy atom. The van der Waals surface area contributed by atoms with Crippen LogP contribution >= 0.6 is 0 Å². The summed E-state index contributed by atoms with van der Waals surface area (Å²) in [6.07, 6.45) is 2.34. The summed E-state index contributed by atoms with van der Waals surface area (Å²) in [6, 6.07) is 9.50. The second-order valence-electron chi connectivity index (χ2n) is 5.74. The summed E-state index contributed by atoms with van der Waals surface area (Å²) < 4.78 is 5.33. The number of carbonyl (C=O) groups excluding carboxylic acids is 3. The molecule has 1 fully saturated rings. The van der Waals surface area contributed by atoms with Crippen molar-refractivity contribution in [2.75, 3.05) is 0 Å². The zero-order valence-corrected chi connectivity index (χ0v) is 12.9. The molecule has 1 unspecified atom stereocenters. The van der Waals surface area contributed by atoms with E-state index in [1.54, 1.807) is 0 Å². The van der Waals surface area contributed by atoms with E-state index in [1.807, 2.05) is 37.3 Å². The van der Waals surface area contributed by atoms with Gasteiger partial charge in [0.15, 0.2) is 5.78 Å². The lowest BCUT2D eigenvalue weighted by molar-refractivity contribution is -0.153. The minimum Gasteiger partial charge on any atom is -0.462 e. The molecule has 4 nitrogen and oxygen atoms in total. The molecular weight excluding hydrogens is 280 g/mol. The van der Waals surface area contributed by atoms with Crippen molar-refractivity contribution >= 4 is 17.5 Å². The van der Waals surface area contributed by atoms with Crippen molar-refractivity contribution in [2.24, 2.45) is 0 Å². The largest absolute Gasteiger partial charge is 0.462 e. The molecule has 0 amide bonds. The van der Waals surface area contributed by atoms with Crippen molar-refractivity contribution in [3.8, 4) is 0 Å². The predicted molar refractivity (Wildman–Crippen MR) is 82.5 cm³/mol. The van der Waals surface area contributed by atoms with Gasteiger partial charge in [0, 0.05) is 18.8 Å². The molecular formula is C18H22O4. The summed E-state index contributed by atoms with van der Waals surface area (Å²) >= 11 is 0. The van der Waals surface area contributed by atoms with Crippen LogP contribution < -0.4 is 0 Å². The summed E-state index contributed by atoms with van der Waals surface area (Å²) in [5.41, 5.74) is 0.936. The van der Waals surface area contributed by atoms with E-state index in [-0.39, 0.29) is 30.0 Å². The SMILES string of the molecule is CCC(C(=O)CC(=O)OC1CCC(=O)CC1)c1ccccc1. The molecule has 1 saturated carbocycles. The number of ketones is 2. The van der Waals surface area contributed by atoms with Crippen molar-refractivity contribution in [3.05, 3.63) is 35.9 Å². The molecule has 0 heterocycles. The summed E-state index contributed by atoms with van der Waals surface area (Å²) in [7, 11) is 0. The highest BCUT2D eigenvalue weighted by Crippen LogP contribution is 2.23. The Morgan fingerprint density at radius 1 is 1.18 bits per heavy atom. The van der Waals surface area contributed by atoms with Gasteiger partial charge in [-0.1, -0.05) is 37.3 Å². The molecule has 0 radical (unpaired) electrons. The zero-order valence-electron chi connectivity index (χ0n) is 12.9. The fourth-order valence-corrected chi connectivity index (χ4v) is 2.86. The quantitative estimate of drug-likeness (QED) is 0.598. The predicted octanol–water partition coefficient (Wildman–Crippen LogP) is 3.19. The average molecular weight is 302 g/mol. The standard InChI is InChI=1S/C18H22O4/c1-2-16(13-6-4-3-5-7-13)17(20)12-18(21)22-15-10-8-14(19)9-11-15/h3-7,15-16H,2,8-12H2,1H3. The van der Waals surface area contributed by atoms with E-state index in [9.17, 15) is 14.4 Å². The van der Waals surface area contributed by atoms with Crippen molar-refractivity contribution in [1.82, 2.24) is 0 Å². The minimum absolute atomic E-state index is 0.106. The number of ether oxygens (including phenoxy) is 1. The van der Waals surface area contributed by atoms with Crippen molar-refractivity contribution < 1.29 is 19.1 Å². The van der Waals surface area contributed by atoms with Gasteiger partial charge in [-0.2, -0.15) is 0 Å². The third-order valence-electron chi connectivity index (χ3n) is 4.11. The van der Waals surface area contributed by atoms with Crippen LogP contribution in [0.25, 0.3) is 0 Å². The molecule has 0 aromatic heterocycles. The molecule has 1 aliphatic rings. The van der Waals surface area contributed by atoms with Gasteiger partial charge in [0.1, 0.15) is 18.3 Å². The lowest BCUT2D eigenvalue weighted by Gasteiger charge is -2.21. The first-order valence-electron chi connectivity index (χ1n) is 7.89. The lowest BCUT2D eigenvalue weighted by Crippen LogP contribution is -2.26. The van der Waals surface area contributed by atoms with E-state index in [0.717, 1.165) is 5.56 Å². The first-order chi connectivity index (χ1) is 10.6. The second-order valence-corrected chi connectivity index (χ2v) is 5.74. The maximum atomic E-state index is 12.3. The van der Waals surface area contributed by atoms with E-state index in [1.165, 1.54) is 0 Å². The topological polar surface area (TPSA) is 60.4 Å². The van der Waals surface area contributed by atoms with Gasteiger partial charge in [-0.3, -0.25) is 14.4 Å². The normalized spacial score (nSPS) is 17.0. The van der Waals surface area contributed by atoms with E-state index < -0.39 is 5.97 Å². The summed E-state index contributed by atoms with van der Waals surface area (Å²) in [6.45, 7) is 1.94. The molecule has 1 aromatic rings. The van der Waals surface area contributed by atoms with E-state index >= 15 is 0 Å². The average Bonchev–Trinajstić information content (AvgIpc) is 2.51. The molecule has 118 valence electrons. The highest BCUT2D eigenvalue weighted by Gasteiger charge is 2.25. The molecule has 1 aliphatic carbocycles. The van der Waals surface area contributed by atoms with Gasteiger partial charge in [-0.15, -0.1) is 0 Å². The Bertz CT molecular complexity index is 525. The van der Waals surface area contributed by atoms with Crippen LogP contribution in [0.2, 0.25) is 0 Å². The van der Waals surface area contributed by atoms with Crippen LogP contribution in [-0.2, 0) is 19.1 Å². The monoisotopic (exact) mass is 302 g/mol. The molecule has 0 spiro atoms. The Kier molecular flexibility index (Phi) is 5.87. The molecule has 2 rings (SSSR count). The molecule has 1 atom stereocenters. The van der Waals surface area contributed by atoms with Gasteiger partial charge < -0.3 is 4.74 Å². The van der Waals surface area contributed by atoms with Crippen LogP contribution in [0, 0.1) is 0 Å². The molecule has 1 aromatic carbocycles. The van der Waals surface area contributed by atoms with Gasteiger partial charge in [-0.25, -0.2) is 0 Å². The molecule has 0 saturated heterocycles. The summed E-state index contributed by atoms with van der Waals surface area (Å²) in [5, 5.41) is 0. The first-order valence-corrected chi connectivity index (χ1v) is 7.89. The van der Waals surface area contributed by atoms with E-state index in [4.69, 9.17) is 4.74 Å². The molecule has 22 heavy (non-hydrogen) atoms. The highest BCUT2D eigenvalue weighted by molar-refractivity contribution is 5.99. The fourth-order valence-electron chi connectivity index (χ4n) is 2.86. The number of esters is 1. The van der Waals surface area contributed by atoms with Gasteiger partial charge in [-0.05, 0) is 24.8 Å². The van der Waals surface area contributed by atoms with E-state index in [0.29, 0.717) is 32.1 Å².